The Bertz CT molecular complexity index is 590. The number of carbonyl (C=O) groups is 1. The summed E-state index contributed by atoms with van der Waals surface area (Å²) in [6.45, 7) is 1.74. The van der Waals surface area contributed by atoms with Gasteiger partial charge in [-0.1, -0.05) is 6.07 Å². The van der Waals surface area contributed by atoms with E-state index in [9.17, 15) is 13.6 Å². The Morgan fingerprint density at radius 2 is 2.00 bits per heavy atom. The van der Waals surface area contributed by atoms with Crippen molar-refractivity contribution in [3.63, 3.8) is 0 Å². The molecule has 0 radical (unpaired) electrons. The van der Waals surface area contributed by atoms with E-state index in [0.29, 0.717) is 11.1 Å². The average molecular weight is 254 g/mol. The summed E-state index contributed by atoms with van der Waals surface area (Å²) in [5, 5.41) is 10.7. The summed E-state index contributed by atoms with van der Waals surface area (Å²) in [6, 6.07) is 3.38. The molecule has 2 rings (SSSR count). The van der Waals surface area contributed by atoms with Crippen molar-refractivity contribution in [1.29, 1.82) is 0 Å². The van der Waals surface area contributed by atoms with Crippen LogP contribution in [0.2, 0.25) is 0 Å². The van der Waals surface area contributed by atoms with Crippen LogP contribution in [-0.4, -0.2) is 11.1 Å². The van der Waals surface area contributed by atoms with Crippen molar-refractivity contribution in [2.75, 3.05) is 0 Å². The quantitative estimate of drug-likeness (QED) is 0.887. The van der Waals surface area contributed by atoms with Gasteiger partial charge in [0.25, 0.3) is 0 Å². The summed E-state index contributed by atoms with van der Waals surface area (Å²) in [4.78, 5) is 11.1. The largest absolute Gasteiger partial charge is 0.477 e. The molecule has 0 spiro atoms. The van der Waals surface area contributed by atoms with Crippen molar-refractivity contribution in [3.05, 3.63) is 45.7 Å². The lowest BCUT2D eigenvalue weighted by Crippen LogP contribution is -1.96. The lowest BCUT2D eigenvalue weighted by molar-refractivity contribution is 0.0703. The molecule has 0 saturated heterocycles. The monoisotopic (exact) mass is 254 g/mol. The maximum absolute atomic E-state index is 13.1. The molecule has 5 heteroatoms. The van der Waals surface area contributed by atoms with Gasteiger partial charge in [0.2, 0.25) is 0 Å². The van der Waals surface area contributed by atoms with Crippen molar-refractivity contribution >= 4 is 17.3 Å². The van der Waals surface area contributed by atoms with Gasteiger partial charge < -0.3 is 5.11 Å². The number of halogens is 2. The van der Waals surface area contributed by atoms with Crippen LogP contribution in [0.1, 0.15) is 15.2 Å². The normalized spacial score (nSPS) is 10.5. The summed E-state index contributed by atoms with van der Waals surface area (Å²) in [6.07, 6.45) is 0. The first-order valence-electron chi connectivity index (χ1n) is 4.77. The van der Waals surface area contributed by atoms with Crippen LogP contribution in [0.3, 0.4) is 0 Å². The zero-order valence-electron chi connectivity index (χ0n) is 8.83. The molecule has 2 aromatic rings. The lowest BCUT2D eigenvalue weighted by Gasteiger charge is -2.03. The fourth-order valence-electron chi connectivity index (χ4n) is 1.61. The van der Waals surface area contributed by atoms with E-state index in [1.807, 2.05) is 0 Å². The van der Waals surface area contributed by atoms with Crippen LogP contribution in [0.5, 0.6) is 0 Å². The van der Waals surface area contributed by atoms with Gasteiger partial charge >= 0.3 is 5.97 Å². The minimum absolute atomic E-state index is 0.133. The molecule has 1 aromatic heterocycles. The van der Waals surface area contributed by atoms with E-state index in [-0.39, 0.29) is 4.88 Å². The molecule has 0 atom stereocenters. The average Bonchev–Trinajstić information content (AvgIpc) is 2.64. The minimum Gasteiger partial charge on any atom is -0.477 e. The third-order valence-electron chi connectivity index (χ3n) is 2.38. The molecule has 0 aliphatic heterocycles. The number of benzene rings is 1. The van der Waals surface area contributed by atoms with Crippen LogP contribution in [0.4, 0.5) is 8.78 Å². The van der Waals surface area contributed by atoms with Crippen LogP contribution in [0, 0.1) is 18.6 Å². The number of hydrogen-bond acceptors (Lipinski definition) is 2. The van der Waals surface area contributed by atoms with E-state index in [0.717, 1.165) is 29.0 Å². The Morgan fingerprint density at radius 1 is 1.29 bits per heavy atom. The maximum atomic E-state index is 13.1. The van der Waals surface area contributed by atoms with E-state index < -0.39 is 17.6 Å². The van der Waals surface area contributed by atoms with Gasteiger partial charge in [-0.3, -0.25) is 0 Å². The summed E-state index contributed by atoms with van der Waals surface area (Å²) in [7, 11) is 0. The number of aromatic carboxylic acids is 1. The van der Waals surface area contributed by atoms with Gasteiger partial charge in [-0.05, 0) is 35.6 Å². The van der Waals surface area contributed by atoms with Crippen molar-refractivity contribution in [3.8, 4) is 11.1 Å². The highest BCUT2D eigenvalue weighted by Crippen LogP contribution is 2.33. The fraction of sp³-hybridized carbons (Fsp3) is 0.0833. The van der Waals surface area contributed by atoms with Gasteiger partial charge in [-0.2, -0.15) is 0 Å². The van der Waals surface area contributed by atoms with Crippen LogP contribution in [0.15, 0.2) is 23.6 Å². The zero-order chi connectivity index (χ0) is 12.6. The van der Waals surface area contributed by atoms with Gasteiger partial charge in [0, 0.05) is 5.56 Å². The number of carboxylic acids is 1. The molecule has 0 amide bonds. The van der Waals surface area contributed by atoms with Crippen LogP contribution in [0.25, 0.3) is 11.1 Å². The van der Waals surface area contributed by atoms with Gasteiger partial charge in [0.05, 0.1) is 0 Å². The van der Waals surface area contributed by atoms with Crippen molar-refractivity contribution in [2.45, 2.75) is 6.92 Å². The van der Waals surface area contributed by atoms with Crippen molar-refractivity contribution in [2.24, 2.45) is 0 Å². The van der Waals surface area contributed by atoms with E-state index in [4.69, 9.17) is 5.11 Å². The van der Waals surface area contributed by atoms with Gasteiger partial charge in [-0.15, -0.1) is 11.3 Å². The summed E-state index contributed by atoms with van der Waals surface area (Å²) < 4.78 is 25.9. The minimum atomic E-state index is -1.07. The molecule has 1 N–H and O–H groups in total. The fourth-order valence-corrected chi connectivity index (χ4v) is 2.52. The third-order valence-corrected chi connectivity index (χ3v) is 3.46. The molecule has 17 heavy (non-hydrogen) atoms. The molecule has 0 aliphatic rings. The number of thiophene rings is 1. The first-order chi connectivity index (χ1) is 8.00. The Labute approximate surface area is 100 Å². The number of carboxylic acid groups (broad SMARTS) is 1. The standard InChI is InChI=1S/C12H8F2O2S/c1-6-5-17-11(12(15)16)10(6)7-2-3-8(13)9(14)4-7/h2-5H,1H3,(H,15,16). The second-order valence-corrected chi connectivity index (χ2v) is 4.44. The van der Waals surface area contributed by atoms with Crippen molar-refractivity contribution in [1.82, 2.24) is 0 Å². The molecule has 88 valence electrons. The molecular formula is C12H8F2O2S. The third kappa shape index (κ3) is 2.06. The van der Waals surface area contributed by atoms with Crippen molar-refractivity contribution < 1.29 is 18.7 Å². The molecule has 0 fully saturated rings. The van der Waals surface area contributed by atoms with E-state index in [1.54, 1.807) is 12.3 Å². The Kier molecular flexibility index (Phi) is 2.93. The van der Waals surface area contributed by atoms with Gasteiger partial charge in [-0.25, -0.2) is 13.6 Å². The second-order valence-electron chi connectivity index (χ2n) is 3.56. The zero-order valence-corrected chi connectivity index (χ0v) is 9.65. The highest BCUT2D eigenvalue weighted by molar-refractivity contribution is 7.12. The second kappa shape index (κ2) is 4.25. The van der Waals surface area contributed by atoms with Gasteiger partial charge in [0.15, 0.2) is 11.6 Å². The Balaban J connectivity index is 2.63. The molecule has 0 bridgehead atoms. The topological polar surface area (TPSA) is 37.3 Å². The molecule has 0 unspecified atom stereocenters. The SMILES string of the molecule is Cc1csc(C(=O)O)c1-c1ccc(F)c(F)c1. The van der Waals surface area contributed by atoms with Crippen LogP contribution >= 0.6 is 11.3 Å². The summed E-state index contributed by atoms with van der Waals surface area (Å²) in [5.41, 5.74) is 1.56. The molecule has 1 heterocycles. The first kappa shape index (κ1) is 11.7. The summed E-state index contributed by atoms with van der Waals surface area (Å²) in [5.74, 6) is -2.99. The Hall–Kier alpha value is -1.75. The lowest BCUT2D eigenvalue weighted by atomic mass is 10.0. The molecule has 0 saturated carbocycles. The Morgan fingerprint density at radius 3 is 2.59 bits per heavy atom. The predicted molar refractivity (Wildman–Crippen MR) is 61.4 cm³/mol. The van der Waals surface area contributed by atoms with E-state index in [2.05, 4.69) is 0 Å². The molecule has 2 nitrogen and oxygen atoms in total. The summed E-state index contributed by atoms with van der Waals surface area (Å²) >= 11 is 1.07. The predicted octanol–water partition coefficient (Wildman–Crippen LogP) is 3.70. The van der Waals surface area contributed by atoms with Crippen LogP contribution in [-0.2, 0) is 0 Å². The van der Waals surface area contributed by atoms with Crippen LogP contribution < -0.4 is 0 Å². The maximum Gasteiger partial charge on any atom is 0.346 e. The smallest absolute Gasteiger partial charge is 0.346 e. The molecule has 0 aliphatic carbocycles. The van der Waals surface area contributed by atoms with Gasteiger partial charge in [0.1, 0.15) is 4.88 Å². The number of rotatable bonds is 2. The molecular weight excluding hydrogens is 246 g/mol. The number of aryl methyl sites for hydroxylation is 1. The van der Waals surface area contributed by atoms with E-state index in [1.165, 1.54) is 6.07 Å². The van der Waals surface area contributed by atoms with E-state index >= 15 is 0 Å². The highest BCUT2D eigenvalue weighted by atomic mass is 32.1. The molecule has 1 aromatic carbocycles. The first-order valence-corrected chi connectivity index (χ1v) is 5.65. The highest BCUT2D eigenvalue weighted by Gasteiger charge is 2.17. The number of hydrogen-bond donors (Lipinski definition) is 1.